The lowest BCUT2D eigenvalue weighted by atomic mass is 10.0. The fourth-order valence-corrected chi connectivity index (χ4v) is 2.52. The number of fused-ring (bicyclic) bond motifs is 1. The van der Waals surface area contributed by atoms with E-state index in [2.05, 4.69) is 34.2 Å². The van der Waals surface area contributed by atoms with Crippen LogP contribution in [0.2, 0.25) is 0 Å². The van der Waals surface area contributed by atoms with Gasteiger partial charge in [-0.3, -0.25) is 4.79 Å². The third-order valence-electron chi connectivity index (χ3n) is 3.77. The second-order valence-corrected chi connectivity index (χ2v) is 5.35. The molecular formula is C17H14N2O. The van der Waals surface area contributed by atoms with Crippen molar-refractivity contribution < 1.29 is 0 Å². The first-order chi connectivity index (χ1) is 9.79. The van der Waals surface area contributed by atoms with E-state index < -0.39 is 0 Å². The third kappa shape index (κ3) is 2.01. The lowest BCUT2D eigenvalue weighted by molar-refractivity contribution is 0.912. The van der Waals surface area contributed by atoms with Gasteiger partial charge in [0.15, 0.2) is 0 Å². The van der Waals surface area contributed by atoms with E-state index in [-0.39, 0.29) is 5.56 Å². The number of nitrogens with one attached hydrogen (secondary N) is 1. The molecule has 1 saturated carbocycles. The van der Waals surface area contributed by atoms with Gasteiger partial charge in [0.2, 0.25) is 0 Å². The predicted octanol–water partition coefficient (Wildman–Crippen LogP) is 3.47. The topological polar surface area (TPSA) is 45.8 Å². The summed E-state index contributed by atoms with van der Waals surface area (Å²) in [5.41, 5.74) is 1.70. The van der Waals surface area contributed by atoms with Crippen molar-refractivity contribution in [3.8, 4) is 11.3 Å². The molecule has 0 bridgehead atoms. The molecule has 98 valence electrons. The molecule has 3 heteroatoms. The maximum absolute atomic E-state index is 11.8. The molecule has 0 amide bonds. The maximum atomic E-state index is 11.8. The highest BCUT2D eigenvalue weighted by Crippen LogP contribution is 2.38. The van der Waals surface area contributed by atoms with Crippen LogP contribution in [0, 0.1) is 0 Å². The highest BCUT2D eigenvalue weighted by Gasteiger charge is 2.26. The quantitative estimate of drug-likeness (QED) is 0.768. The number of nitrogens with zero attached hydrogens (tertiary/aromatic N) is 1. The average Bonchev–Trinajstić information content (AvgIpc) is 3.31. The van der Waals surface area contributed by atoms with E-state index in [4.69, 9.17) is 0 Å². The van der Waals surface area contributed by atoms with Crippen LogP contribution in [0.15, 0.2) is 53.3 Å². The lowest BCUT2D eigenvalue weighted by Gasteiger charge is -2.05. The van der Waals surface area contributed by atoms with Gasteiger partial charge in [-0.25, -0.2) is 4.98 Å². The summed E-state index contributed by atoms with van der Waals surface area (Å²) < 4.78 is 0. The van der Waals surface area contributed by atoms with Crippen molar-refractivity contribution in [2.75, 3.05) is 0 Å². The van der Waals surface area contributed by atoms with Crippen LogP contribution in [0.1, 0.15) is 24.6 Å². The first-order valence-corrected chi connectivity index (χ1v) is 6.90. The summed E-state index contributed by atoms with van der Waals surface area (Å²) in [5.74, 6) is 1.28. The number of hydrogen-bond acceptors (Lipinski definition) is 2. The Hall–Kier alpha value is -2.42. The van der Waals surface area contributed by atoms with Gasteiger partial charge in [0.05, 0.1) is 5.69 Å². The standard InChI is InChI=1S/C17H14N2O/c20-16-10-15(18-17(19-16)12-6-7-12)14-8-5-11-3-1-2-4-13(11)9-14/h1-5,8-10,12H,6-7H2,(H,18,19,20). The van der Waals surface area contributed by atoms with Gasteiger partial charge in [0, 0.05) is 17.5 Å². The minimum absolute atomic E-state index is 0.0648. The number of aromatic amines is 1. The van der Waals surface area contributed by atoms with E-state index in [1.165, 1.54) is 10.8 Å². The lowest BCUT2D eigenvalue weighted by Crippen LogP contribution is -2.10. The molecule has 0 radical (unpaired) electrons. The Balaban J connectivity index is 1.87. The summed E-state index contributed by atoms with van der Waals surface area (Å²) in [6.45, 7) is 0. The van der Waals surface area contributed by atoms with Crippen LogP contribution >= 0.6 is 0 Å². The number of benzene rings is 2. The van der Waals surface area contributed by atoms with Crippen molar-refractivity contribution in [3.05, 3.63) is 64.7 Å². The molecule has 4 rings (SSSR count). The summed E-state index contributed by atoms with van der Waals surface area (Å²) in [6.07, 6.45) is 2.26. The van der Waals surface area contributed by atoms with Gasteiger partial charge in [-0.05, 0) is 29.7 Å². The molecule has 3 aromatic rings. The highest BCUT2D eigenvalue weighted by atomic mass is 16.1. The van der Waals surface area contributed by atoms with Crippen LogP contribution in [0.5, 0.6) is 0 Å². The third-order valence-corrected chi connectivity index (χ3v) is 3.77. The summed E-state index contributed by atoms with van der Waals surface area (Å²) >= 11 is 0. The Labute approximate surface area is 116 Å². The normalized spacial score (nSPS) is 14.6. The van der Waals surface area contributed by atoms with Gasteiger partial charge < -0.3 is 4.98 Å². The Morgan fingerprint density at radius 3 is 2.60 bits per heavy atom. The first kappa shape index (κ1) is 11.4. The van der Waals surface area contributed by atoms with E-state index in [1.807, 2.05) is 18.2 Å². The smallest absolute Gasteiger partial charge is 0.251 e. The zero-order valence-electron chi connectivity index (χ0n) is 11.0. The molecule has 0 aliphatic heterocycles. The minimum atomic E-state index is -0.0648. The monoisotopic (exact) mass is 262 g/mol. The second-order valence-electron chi connectivity index (χ2n) is 5.35. The molecule has 20 heavy (non-hydrogen) atoms. The molecule has 2 aromatic carbocycles. The molecular weight excluding hydrogens is 248 g/mol. The van der Waals surface area contributed by atoms with Crippen molar-refractivity contribution >= 4 is 10.8 Å². The Morgan fingerprint density at radius 2 is 1.80 bits per heavy atom. The molecule has 0 spiro atoms. The van der Waals surface area contributed by atoms with Crippen molar-refractivity contribution in [2.24, 2.45) is 0 Å². The Bertz CT molecular complexity index is 847. The van der Waals surface area contributed by atoms with Gasteiger partial charge in [-0.2, -0.15) is 0 Å². The van der Waals surface area contributed by atoms with Crippen LogP contribution < -0.4 is 5.56 Å². The SMILES string of the molecule is O=c1cc(-c2ccc3ccccc3c2)nc(C2CC2)[nH]1. The summed E-state index contributed by atoms with van der Waals surface area (Å²) in [5, 5.41) is 2.36. The maximum Gasteiger partial charge on any atom is 0.251 e. The van der Waals surface area contributed by atoms with E-state index >= 15 is 0 Å². The van der Waals surface area contributed by atoms with Crippen molar-refractivity contribution in [1.82, 2.24) is 9.97 Å². The summed E-state index contributed by atoms with van der Waals surface area (Å²) in [7, 11) is 0. The Kier molecular flexibility index (Phi) is 2.46. The van der Waals surface area contributed by atoms with Gasteiger partial charge in [0.25, 0.3) is 5.56 Å². The molecule has 1 heterocycles. The van der Waals surface area contributed by atoms with Gasteiger partial charge in [-0.1, -0.05) is 36.4 Å². The first-order valence-electron chi connectivity index (χ1n) is 6.90. The summed E-state index contributed by atoms with van der Waals surface area (Å²) in [4.78, 5) is 19.3. The fraction of sp³-hybridized carbons (Fsp3) is 0.176. The molecule has 0 saturated heterocycles. The number of H-pyrrole nitrogens is 1. The summed E-state index contributed by atoms with van der Waals surface area (Å²) in [6, 6.07) is 16.0. The number of hydrogen-bond donors (Lipinski definition) is 1. The molecule has 0 atom stereocenters. The molecule has 1 fully saturated rings. The van der Waals surface area contributed by atoms with Crippen molar-refractivity contribution in [3.63, 3.8) is 0 Å². The van der Waals surface area contributed by atoms with Crippen molar-refractivity contribution in [1.29, 1.82) is 0 Å². The van der Waals surface area contributed by atoms with E-state index in [1.54, 1.807) is 6.07 Å². The van der Waals surface area contributed by atoms with Crippen LogP contribution in [-0.4, -0.2) is 9.97 Å². The van der Waals surface area contributed by atoms with E-state index in [0.29, 0.717) is 5.92 Å². The largest absolute Gasteiger partial charge is 0.310 e. The average molecular weight is 262 g/mol. The molecule has 1 N–H and O–H groups in total. The van der Waals surface area contributed by atoms with Gasteiger partial charge in [-0.15, -0.1) is 0 Å². The van der Waals surface area contributed by atoms with Crippen LogP contribution in [0.3, 0.4) is 0 Å². The van der Waals surface area contributed by atoms with Crippen LogP contribution in [0.25, 0.3) is 22.0 Å². The van der Waals surface area contributed by atoms with Gasteiger partial charge in [0.1, 0.15) is 5.82 Å². The fourth-order valence-electron chi connectivity index (χ4n) is 2.52. The number of aromatic nitrogens is 2. The zero-order valence-corrected chi connectivity index (χ0v) is 11.0. The molecule has 0 unspecified atom stereocenters. The second kappa shape index (κ2) is 4.30. The molecule has 1 aliphatic carbocycles. The van der Waals surface area contributed by atoms with Crippen LogP contribution in [0.4, 0.5) is 0 Å². The van der Waals surface area contributed by atoms with Crippen molar-refractivity contribution in [2.45, 2.75) is 18.8 Å². The zero-order chi connectivity index (χ0) is 13.5. The molecule has 1 aromatic heterocycles. The highest BCUT2D eigenvalue weighted by molar-refractivity contribution is 5.86. The van der Waals surface area contributed by atoms with E-state index in [0.717, 1.165) is 29.9 Å². The minimum Gasteiger partial charge on any atom is -0.310 e. The Morgan fingerprint density at radius 1 is 1.00 bits per heavy atom. The van der Waals surface area contributed by atoms with E-state index in [9.17, 15) is 4.79 Å². The molecule has 3 nitrogen and oxygen atoms in total. The molecule has 1 aliphatic rings. The number of rotatable bonds is 2. The predicted molar refractivity (Wildman–Crippen MR) is 79.8 cm³/mol. The van der Waals surface area contributed by atoms with Crippen LogP contribution in [-0.2, 0) is 0 Å². The van der Waals surface area contributed by atoms with Gasteiger partial charge >= 0.3 is 0 Å².